The van der Waals surface area contributed by atoms with Crippen molar-refractivity contribution in [1.29, 1.82) is 0 Å². The summed E-state index contributed by atoms with van der Waals surface area (Å²) in [4.78, 5) is 32.8. The lowest BCUT2D eigenvalue weighted by molar-refractivity contribution is -0.137. The number of aliphatic carboxylic acids is 1. The fourth-order valence-electron chi connectivity index (χ4n) is 1.35. The van der Waals surface area contributed by atoms with E-state index in [0.29, 0.717) is 5.56 Å². The second-order valence-electron chi connectivity index (χ2n) is 3.91. The average Bonchev–Trinajstić information content (AvgIpc) is 2.38. The lowest BCUT2D eigenvalue weighted by Crippen LogP contribution is -2.40. The number of amides is 3. The molecule has 0 bridgehead atoms. The zero-order valence-electron chi connectivity index (χ0n) is 10.7. The molecule has 0 fully saturated rings. The van der Waals surface area contributed by atoms with E-state index in [4.69, 9.17) is 5.11 Å². The number of anilines is 1. The average molecular weight is 283 g/mol. The molecular formula is C12H14FN3O4. The molecule has 0 atom stereocenters. The minimum atomic E-state index is -1.19. The summed E-state index contributed by atoms with van der Waals surface area (Å²) in [6.45, 7) is 0.680. The van der Waals surface area contributed by atoms with Gasteiger partial charge in [0.15, 0.2) is 0 Å². The minimum absolute atomic E-state index is 0.0240. The third-order valence-corrected chi connectivity index (χ3v) is 2.31. The first-order valence-corrected chi connectivity index (χ1v) is 5.68. The van der Waals surface area contributed by atoms with Crippen LogP contribution in [0.5, 0.6) is 0 Å². The van der Waals surface area contributed by atoms with Crippen molar-refractivity contribution in [3.8, 4) is 0 Å². The van der Waals surface area contributed by atoms with Crippen LogP contribution in [0.3, 0.4) is 0 Å². The molecule has 1 aromatic carbocycles. The molecule has 0 radical (unpaired) electrons. The van der Waals surface area contributed by atoms with E-state index in [9.17, 15) is 18.8 Å². The molecule has 0 aliphatic heterocycles. The Labute approximate surface area is 114 Å². The van der Waals surface area contributed by atoms with E-state index in [2.05, 4.69) is 16.0 Å². The summed E-state index contributed by atoms with van der Waals surface area (Å²) in [7, 11) is 0. The number of nitrogens with one attached hydrogen (secondary N) is 3. The van der Waals surface area contributed by atoms with Crippen LogP contribution in [0.2, 0.25) is 0 Å². The van der Waals surface area contributed by atoms with E-state index in [1.54, 1.807) is 13.0 Å². The normalized spacial score (nSPS) is 9.70. The Morgan fingerprint density at radius 1 is 1.20 bits per heavy atom. The number of hydrogen-bond donors (Lipinski definition) is 4. The zero-order valence-corrected chi connectivity index (χ0v) is 10.7. The summed E-state index contributed by atoms with van der Waals surface area (Å²) in [5.74, 6) is -2.44. The van der Waals surface area contributed by atoms with Crippen LogP contribution >= 0.6 is 0 Å². The van der Waals surface area contributed by atoms with Crippen molar-refractivity contribution < 1.29 is 23.9 Å². The van der Waals surface area contributed by atoms with Gasteiger partial charge in [0.05, 0.1) is 12.2 Å². The SMILES string of the molecule is Cc1cccc(F)c1NC(=O)NCC(=O)NCC(=O)O. The Kier molecular flexibility index (Phi) is 5.45. The van der Waals surface area contributed by atoms with Crippen LogP contribution in [-0.4, -0.2) is 36.1 Å². The molecule has 0 aromatic heterocycles. The molecule has 4 N–H and O–H groups in total. The molecule has 0 heterocycles. The molecule has 0 saturated carbocycles. The van der Waals surface area contributed by atoms with Gasteiger partial charge >= 0.3 is 12.0 Å². The maximum atomic E-state index is 13.4. The Hall–Kier alpha value is -2.64. The van der Waals surface area contributed by atoms with Crippen LogP contribution < -0.4 is 16.0 Å². The van der Waals surface area contributed by atoms with Gasteiger partial charge < -0.3 is 21.1 Å². The van der Waals surface area contributed by atoms with Crippen molar-refractivity contribution in [2.45, 2.75) is 6.92 Å². The number of carbonyl (C=O) groups excluding carboxylic acids is 2. The molecule has 0 aliphatic rings. The van der Waals surface area contributed by atoms with Gasteiger partial charge in [0.1, 0.15) is 12.4 Å². The van der Waals surface area contributed by atoms with Crippen molar-refractivity contribution in [3.05, 3.63) is 29.6 Å². The van der Waals surface area contributed by atoms with Gasteiger partial charge in [-0.1, -0.05) is 12.1 Å². The molecule has 8 heteroatoms. The molecule has 1 rings (SSSR count). The van der Waals surface area contributed by atoms with Gasteiger partial charge in [-0.05, 0) is 18.6 Å². The predicted octanol–water partition coefficient (Wildman–Crippen LogP) is 0.456. The number of benzene rings is 1. The van der Waals surface area contributed by atoms with Gasteiger partial charge in [0.25, 0.3) is 0 Å². The highest BCUT2D eigenvalue weighted by molar-refractivity contribution is 5.93. The second kappa shape index (κ2) is 7.07. The van der Waals surface area contributed by atoms with Crippen LogP contribution in [0.15, 0.2) is 18.2 Å². The number of urea groups is 1. The highest BCUT2D eigenvalue weighted by Gasteiger charge is 2.10. The maximum Gasteiger partial charge on any atom is 0.322 e. The topological polar surface area (TPSA) is 108 Å². The highest BCUT2D eigenvalue weighted by atomic mass is 19.1. The van der Waals surface area contributed by atoms with Crippen molar-refractivity contribution in [2.75, 3.05) is 18.4 Å². The van der Waals surface area contributed by atoms with E-state index in [-0.39, 0.29) is 5.69 Å². The lowest BCUT2D eigenvalue weighted by Gasteiger charge is -2.10. The quantitative estimate of drug-likeness (QED) is 0.629. The molecule has 20 heavy (non-hydrogen) atoms. The summed E-state index contributed by atoms with van der Waals surface area (Å²) < 4.78 is 13.4. The smallest absolute Gasteiger partial charge is 0.322 e. The first-order chi connectivity index (χ1) is 9.40. The molecule has 7 nitrogen and oxygen atoms in total. The van der Waals surface area contributed by atoms with Gasteiger partial charge in [0, 0.05) is 0 Å². The summed E-state index contributed by atoms with van der Waals surface area (Å²) in [6.07, 6.45) is 0. The lowest BCUT2D eigenvalue weighted by atomic mass is 10.2. The first kappa shape index (κ1) is 15.4. The highest BCUT2D eigenvalue weighted by Crippen LogP contribution is 2.18. The summed E-state index contributed by atoms with van der Waals surface area (Å²) >= 11 is 0. The summed E-state index contributed by atoms with van der Waals surface area (Å²) in [6, 6.07) is 3.57. The van der Waals surface area contributed by atoms with Gasteiger partial charge in [-0.2, -0.15) is 0 Å². The van der Waals surface area contributed by atoms with Crippen LogP contribution in [0.4, 0.5) is 14.9 Å². The molecular weight excluding hydrogens is 269 g/mol. The number of carboxylic acids is 1. The fourth-order valence-corrected chi connectivity index (χ4v) is 1.35. The monoisotopic (exact) mass is 283 g/mol. The van der Waals surface area contributed by atoms with Gasteiger partial charge in [0.2, 0.25) is 5.91 Å². The summed E-state index contributed by atoms with van der Waals surface area (Å²) in [5, 5.41) is 14.9. The van der Waals surface area contributed by atoms with Crippen LogP contribution in [0.1, 0.15) is 5.56 Å². The number of carboxylic acid groups (broad SMARTS) is 1. The number of carbonyl (C=O) groups is 3. The van der Waals surface area contributed by atoms with E-state index in [0.717, 1.165) is 0 Å². The third-order valence-electron chi connectivity index (χ3n) is 2.31. The molecule has 0 spiro atoms. The number of para-hydroxylation sites is 1. The largest absolute Gasteiger partial charge is 0.480 e. The van der Waals surface area contributed by atoms with Crippen molar-refractivity contribution in [3.63, 3.8) is 0 Å². The Morgan fingerprint density at radius 3 is 2.50 bits per heavy atom. The van der Waals surface area contributed by atoms with Gasteiger partial charge in [-0.15, -0.1) is 0 Å². The molecule has 1 aromatic rings. The molecule has 0 saturated heterocycles. The van der Waals surface area contributed by atoms with E-state index < -0.39 is 36.8 Å². The second-order valence-corrected chi connectivity index (χ2v) is 3.91. The Balaban J connectivity index is 2.44. The fraction of sp³-hybridized carbons (Fsp3) is 0.250. The standard InChI is InChI=1S/C12H14FN3O4/c1-7-3-2-4-8(13)11(7)16-12(20)15-5-9(17)14-6-10(18)19/h2-4H,5-6H2,1H3,(H,14,17)(H,18,19)(H2,15,16,20). The maximum absolute atomic E-state index is 13.4. The number of rotatable bonds is 5. The molecule has 3 amide bonds. The summed E-state index contributed by atoms with van der Waals surface area (Å²) in [5.41, 5.74) is 0.562. The molecule has 108 valence electrons. The van der Waals surface area contributed by atoms with Gasteiger partial charge in [-0.25, -0.2) is 9.18 Å². The number of hydrogen-bond acceptors (Lipinski definition) is 3. The van der Waals surface area contributed by atoms with Crippen LogP contribution in [0, 0.1) is 12.7 Å². The minimum Gasteiger partial charge on any atom is -0.480 e. The molecule has 0 unspecified atom stereocenters. The number of aryl methyl sites for hydroxylation is 1. The van der Waals surface area contributed by atoms with E-state index >= 15 is 0 Å². The molecule has 0 aliphatic carbocycles. The Morgan fingerprint density at radius 2 is 1.90 bits per heavy atom. The van der Waals surface area contributed by atoms with Crippen molar-refractivity contribution in [1.82, 2.24) is 10.6 Å². The number of halogens is 1. The van der Waals surface area contributed by atoms with E-state index in [1.807, 2.05) is 0 Å². The third kappa shape index (κ3) is 4.92. The zero-order chi connectivity index (χ0) is 15.1. The van der Waals surface area contributed by atoms with Crippen molar-refractivity contribution in [2.24, 2.45) is 0 Å². The predicted molar refractivity (Wildman–Crippen MR) is 68.8 cm³/mol. The van der Waals surface area contributed by atoms with Gasteiger partial charge in [-0.3, -0.25) is 9.59 Å². The van der Waals surface area contributed by atoms with E-state index in [1.165, 1.54) is 12.1 Å². The van der Waals surface area contributed by atoms with Crippen LogP contribution in [0.25, 0.3) is 0 Å². The van der Waals surface area contributed by atoms with Crippen molar-refractivity contribution >= 4 is 23.6 Å². The Bertz CT molecular complexity index is 513. The first-order valence-electron chi connectivity index (χ1n) is 5.68. The van der Waals surface area contributed by atoms with Crippen LogP contribution in [-0.2, 0) is 9.59 Å².